The molecule has 0 rings (SSSR count). The Balaban J connectivity index is 4.61. The summed E-state index contributed by atoms with van der Waals surface area (Å²) in [5, 5.41) is 9.84. The van der Waals surface area contributed by atoms with Crippen LogP contribution in [0, 0.1) is 0 Å². The number of hydrogen-bond donors (Lipinski definition) is 1. The van der Waals surface area contributed by atoms with Gasteiger partial charge in [0.25, 0.3) is 0 Å². The van der Waals surface area contributed by atoms with Gasteiger partial charge in [0.2, 0.25) is 0 Å². The van der Waals surface area contributed by atoms with E-state index in [0.29, 0.717) is 0 Å². The summed E-state index contributed by atoms with van der Waals surface area (Å²) in [7, 11) is 0. The van der Waals surface area contributed by atoms with Crippen molar-refractivity contribution >= 4 is 17.2 Å². The maximum absolute atomic E-state index is 9.84. The summed E-state index contributed by atoms with van der Waals surface area (Å²) in [4.78, 5) is 0. The molecular formula is C13H30ClOP. The molecule has 0 saturated carbocycles. The third-order valence-corrected chi connectivity index (χ3v) is 10.4. The summed E-state index contributed by atoms with van der Waals surface area (Å²) in [6.07, 6.45) is 10.6. The van der Waals surface area contributed by atoms with Crippen LogP contribution in [0.5, 0.6) is 0 Å². The average molecular weight is 269 g/mol. The Bertz CT molecular complexity index is 160. The second kappa shape index (κ2) is 7.90. The van der Waals surface area contributed by atoms with Gasteiger partial charge < -0.3 is 0 Å². The van der Waals surface area contributed by atoms with Gasteiger partial charge in [-0.1, -0.05) is 0 Å². The molecule has 1 N–H and O–H groups in total. The fraction of sp³-hybridized carbons (Fsp3) is 1.00. The molecule has 16 heavy (non-hydrogen) atoms. The van der Waals surface area contributed by atoms with Gasteiger partial charge in [-0.05, 0) is 0 Å². The first-order chi connectivity index (χ1) is 7.54. The summed E-state index contributed by atoms with van der Waals surface area (Å²) in [5.74, 6) is -2.28. The molecule has 0 atom stereocenters. The van der Waals surface area contributed by atoms with Gasteiger partial charge in [0.15, 0.2) is 0 Å². The molecule has 0 aliphatic carbocycles. The average Bonchev–Trinajstić information content (AvgIpc) is 2.32. The van der Waals surface area contributed by atoms with Crippen molar-refractivity contribution in [3.63, 3.8) is 0 Å². The van der Waals surface area contributed by atoms with Crippen LogP contribution < -0.4 is 0 Å². The van der Waals surface area contributed by atoms with Crippen LogP contribution >= 0.6 is 17.2 Å². The molecule has 3 heteroatoms. The number of halogens is 1. The minimum absolute atomic E-state index is 0.257. The third-order valence-electron chi connectivity index (χ3n) is 3.57. The van der Waals surface area contributed by atoms with Crippen molar-refractivity contribution in [3.8, 4) is 0 Å². The maximum atomic E-state index is 9.84. The Kier molecular flexibility index (Phi) is 8.24. The van der Waals surface area contributed by atoms with Gasteiger partial charge in [-0.25, -0.2) is 0 Å². The normalized spacial score (nSPS) is 14.7. The SMILES string of the molecule is CCCCP(Cl)(CO)(CCCC)CCCC. The van der Waals surface area contributed by atoms with Crippen LogP contribution in [0.15, 0.2) is 0 Å². The minimum atomic E-state index is -2.28. The van der Waals surface area contributed by atoms with Gasteiger partial charge in [-0.2, -0.15) is 0 Å². The molecule has 0 aromatic heterocycles. The Morgan fingerprint density at radius 1 is 0.812 bits per heavy atom. The number of hydrogen-bond acceptors (Lipinski definition) is 1. The van der Waals surface area contributed by atoms with Crippen molar-refractivity contribution < 1.29 is 5.11 Å². The van der Waals surface area contributed by atoms with Crippen LogP contribution in [0.3, 0.4) is 0 Å². The van der Waals surface area contributed by atoms with Crippen molar-refractivity contribution in [3.05, 3.63) is 0 Å². The Morgan fingerprint density at radius 3 is 1.31 bits per heavy atom. The molecule has 0 unspecified atom stereocenters. The quantitative estimate of drug-likeness (QED) is 0.550. The molecule has 0 radical (unpaired) electrons. The number of rotatable bonds is 10. The Morgan fingerprint density at radius 2 is 1.12 bits per heavy atom. The number of aliphatic hydroxyl groups is 1. The van der Waals surface area contributed by atoms with Crippen LogP contribution in [0.4, 0.5) is 0 Å². The fourth-order valence-electron chi connectivity index (χ4n) is 2.21. The zero-order valence-electron chi connectivity index (χ0n) is 11.3. The first kappa shape index (κ1) is 16.7. The summed E-state index contributed by atoms with van der Waals surface area (Å²) in [6, 6.07) is 0. The molecule has 0 amide bonds. The van der Waals surface area contributed by atoms with Crippen LogP contribution in [-0.4, -0.2) is 29.9 Å². The van der Waals surface area contributed by atoms with E-state index in [1.807, 2.05) is 0 Å². The fourth-order valence-corrected chi connectivity index (χ4v) is 7.70. The van der Waals surface area contributed by atoms with Gasteiger partial charge in [-0.3, -0.25) is 0 Å². The van der Waals surface area contributed by atoms with E-state index in [2.05, 4.69) is 20.8 Å². The third kappa shape index (κ3) is 5.34. The zero-order valence-corrected chi connectivity index (χ0v) is 13.0. The van der Waals surface area contributed by atoms with E-state index in [9.17, 15) is 5.11 Å². The summed E-state index contributed by atoms with van der Waals surface area (Å²) < 4.78 is 0. The molecule has 0 bridgehead atoms. The zero-order chi connectivity index (χ0) is 12.5. The standard InChI is InChI=1S/C13H30ClOP/c1-4-7-10-16(14,13-15,11-8-5-2)12-9-6-3/h15H,4-13H2,1-3H3. The van der Waals surface area contributed by atoms with Gasteiger partial charge >= 0.3 is 106 Å². The molecule has 0 heterocycles. The predicted octanol–water partition coefficient (Wildman–Crippen LogP) is 5.04. The molecule has 0 spiro atoms. The monoisotopic (exact) mass is 268 g/mol. The Labute approximate surface area is 107 Å². The molecular weight excluding hydrogens is 239 g/mol. The van der Waals surface area contributed by atoms with E-state index in [1.54, 1.807) is 0 Å². The van der Waals surface area contributed by atoms with E-state index < -0.39 is 5.96 Å². The first-order valence-electron chi connectivity index (χ1n) is 6.87. The van der Waals surface area contributed by atoms with Crippen molar-refractivity contribution in [1.82, 2.24) is 0 Å². The van der Waals surface area contributed by atoms with E-state index in [1.165, 1.54) is 38.5 Å². The van der Waals surface area contributed by atoms with Gasteiger partial charge in [0.1, 0.15) is 0 Å². The summed E-state index contributed by atoms with van der Waals surface area (Å²) >= 11 is 7.00. The Hall–Kier alpha value is 0.680. The van der Waals surface area contributed by atoms with Crippen molar-refractivity contribution in [2.24, 2.45) is 0 Å². The van der Waals surface area contributed by atoms with Crippen molar-refractivity contribution in [2.45, 2.75) is 59.3 Å². The topological polar surface area (TPSA) is 20.2 Å². The molecule has 1 nitrogen and oxygen atoms in total. The van der Waals surface area contributed by atoms with Crippen molar-refractivity contribution in [1.29, 1.82) is 0 Å². The van der Waals surface area contributed by atoms with E-state index in [-0.39, 0.29) is 6.35 Å². The van der Waals surface area contributed by atoms with E-state index in [4.69, 9.17) is 11.2 Å². The molecule has 100 valence electrons. The molecule has 0 fully saturated rings. The summed E-state index contributed by atoms with van der Waals surface area (Å²) in [5.41, 5.74) is 0. The molecule has 0 aliphatic rings. The van der Waals surface area contributed by atoms with Crippen molar-refractivity contribution in [2.75, 3.05) is 24.8 Å². The molecule has 0 aliphatic heterocycles. The summed E-state index contributed by atoms with van der Waals surface area (Å²) in [6.45, 7) is 6.61. The van der Waals surface area contributed by atoms with E-state index in [0.717, 1.165) is 18.5 Å². The van der Waals surface area contributed by atoms with Crippen LogP contribution in [0.1, 0.15) is 59.3 Å². The predicted molar refractivity (Wildman–Crippen MR) is 79.2 cm³/mol. The molecule has 0 aromatic carbocycles. The van der Waals surface area contributed by atoms with Crippen LogP contribution in [0.2, 0.25) is 0 Å². The number of unbranched alkanes of at least 4 members (excludes halogenated alkanes) is 3. The first-order valence-corrected chi connectivity index (χ1v) is 10.8. The van der Waals surface area contributed by atoms with Crippen LogP contribution in [-0.2, 0) is 0 Å². The second-order valence-electron chi connectivity index (χ2n) is 5.19. The molecule has 0 saturated heterocycles. The molecule has 0 aromatic rings. The van der Waals surface area contributed by atoms with Gasteiger partial charge in [-0.15, -0.1) is 0 Å². The van der Waals surface area contributed by atoms with E-state index >= 15 is 0 Å². The van der Waals surface area contributed by atoms with Crippen LogP contribution in [0.25, 0.3) is 0 Å². The van der Waals surface area contributed by atoms with Gasteiger partial charge in [0, 0.05) is 0 Å². The number of aliphatic hydroxyl groups excluding tert-OH is 1. The second-order valence-corrected chi connectivity index (χ2v) is 13.3. The van der Waals surface area contributed by atoms with Gasteiger partial charge in [0.05, 0.1) is 0 Å².